The summed E-state index contributed by atoms with van der Waals surface area (Å²) < 4.78 is 1.37. The van der Waals surface area contributed by atoms with E-state index >= 15 is 0 Å². The fourth-order valence-corrected chi connectivity index (χ4v) is 5.75. The van der Waals surface area contributed by atoms with Crippen LogP contribution in [0, 0.1) is 0 Å². The molecule has 1 aromatic carbocycles. The van der Waals surface area contributed by atoms with Crippen LogP contribution < -0.4 is 10.9 Å². The Morgan fingerprint density at radius 1 is 1.25 bits per heavy atom. The molecule has 1 saturated carbocycles. The quantitative estimate of drug-likeness (QED) is 0.387. The van der Waals surface area contributed by atoms with Gasteiger partial charge in [0, 0.05) is 27.4 Å². The molecule has 0 radical (unpaired) electrons. The van der Waals surface area contributed by atoms with E-state index in [4.69, 9.17) is 0 Å². The molecule has 0 unspecified atom stereocenters. The Bertz CT molecular complexity index is 1510. The fraction of sp³-hybridized carbons (Fsp3) is 0.217. The number of aromatic nitrogens is 4. The second kappa shape index (κ2) is 7.68. The number of nitrogens with one attached hydrogen (secondary N) is 2. The van der Waals surface area contributed by atoms with Crippen molar-refractivity contribution in [2.24, 2.45) is 0 Å². The topological polar surface area (TPSA) is 92.7 Å². The number of amides is 1. The number of H-pyrrole nitrogens is 1. The number of thiophene rings is 2. The number of carbonyl (C=O) groups excluding carboxylic acids is 1. The van der Waals surface area contributed by atoms with Gasteiger partial charge < -0.3 is 10.3 Å². The monoisotopic (exact) mass is 461 g/mol. The first-order valence-corrected chi connectivity index (χ1v) is 12.2. The average Bonchev–Trinajstić information content (AvgIpc) is 3.47. The SMILES string of the molecule is O=C(Cn1cnc2scc(-c3cccs3)c2c1=O)Nc1ccc2nc(C3CCC3)[nH]c2c1. The van der Waals surface area contributed by atoms with Crippen LogP contribution in [0.4, 0.5) is 5.69 Å². The fourth-order valence-electron chi connectivity index (χ4n) is 4.03. The van der Waals surface area contributed by atoms with Gasteiger partial charge in [0.2, 0.25) is 5.91 Å². The molecule has 1 aliphatic carbocycles. The summed E-state index contributed by atoms with van der Waals surface area (Å²) in [4.78, 5) is 40.0. The standard InChI is InChI=1S/C23H19N5O2S2/c29-19(25-14-6-7-16-17(9-14)27-21(26-16)13-3-1-4-13)10-28-12-24-22-20(23(28)30)15(11-32-22)18-5-2-8-31-18/h2,5-9,11-13H,1,3-4,10H2,(H,25,29)(H,26,27). The third kappa shape index (κ3) is 3.34. The van der Waals surface area contributed by atoms with Crippen molar-refractivity contribution in [1.29, 1.82) is 0 Å². The molecule has 9 heteroatoms. The molecule has 6 rings (SSSR count). The number of anilines is 1. The lowest BCUT2D eigenvalue weighted by Gasteiger charge is -2.22. The van der Waals surface area contributed by atoms with Crippen molar-refractivity contribution in [2.45, 2.75) is 31.7 Å². The maximum Gasteiger partial charge on any atom is 0.263 e. The summed E-state index contributed by atoms with van der Waals surface area (Å²) in [7, 11) is 0. The molecule has 160 valence electrons. The molecule has 0 atom stereocenters. The molecule has 4 heterocycles. The Balaban J connectivity index is 1.24. The van der Waals surface area contributed by atoms with Crippen LogP contribution >= 0.6 is 22.7 Å². The van der Waals surface area contributed by atoms with Crippen LogP contribution in [0.25, 0.3) is 31.7 Å². The van der Waals surface area contributed by atoms with Crippen LogP contribution in [0.5, 0.6) is 0 Å². The molecule has 0 saturated heterocycles. The summed E-state index contributed by atoms with van der Waals surface area (Å²) in [5, 5.41) is 7.39. The van der Waals surface area contributed by atoms with Crippen LogP contribution in [0.15, 0.2) is 52.2 Å². The average molecular weight is 462 g/mol. The van der Waals surface area contributed by atoms with Gasteiger partial charge in [-0.25, -0.2) is 9.97 Å². The lowest BCUT2D eigenvalue weighted by atomic mass is 9.85. The van der Waals surface area contributed by atoms with E-state index in [0.717, 1.165) is 27.3 Å². The van der Waals surface area contributed by atoms with E-state index in [2.05, 4.69) is 20.3 Å². The van der Waals surface area contributed by atoms with Gasteiger partial charge in [-0.15, -0.1) is 22.7 Å². The first-order valence-electron chi connectivity index (χ1n) is 10.5. The van der Waals surface area contributed by atoms with E-state index in [1.807, 2.05) is 41.1 Å². The van der Waals surface area contributed by atoms with Crippen LogP contribution in [-0.2, 0) is 11.3 Å². The highest BCUT2D eigenvalue weighted by atomic mass is 32.1. The molecule has 0 bridgehead atoms. The highest BCUT2D eigenvalue weighted by Crippen LogP contribution is 2.36. The Morgan fingerprint density at radius 3 is 2.94 bits per heavy atom. The van der Waals surface area contributed by atoms with E-state index in [-0.39, 0.29) is 18.0 Å². The van der Waals surface area contributed by atoms with Gasteiger partial charge >= 0.3 is 0 Å². The molecule has 2 N–H and O–H groups in total. The zero-order chi connectivity index (χ0) is 21.7. The smallest absolute Gasteiger partial charge is 0.263 e. The molecule has 1 aliphatic rings. The normalized spacial score (nSPS) is 14.1. The highest BCUT2D eigenvalue weighted by molar-refractivity contribution is 7.18. The predicted octanol–water partition coefficient (Wildman–Crippen LogP) is 4.97. The highest BCUT2D eigenvalue weighted by Gasteiger charge is 2.22. The second-order valence-corrected chi connectivity index (χ2v) is 9.82. The molecule has 0 spiro atoms. The molecule has 0 aliphatic heterocycles. The van der Waals surface area contributed by atoms with Gasteiger partial charge in [-0.2, -0.15) is 0 Å². The van der Waals surface area contributed by atoms with Crippen molar-refractivity contribution in [3.8, 4) is 10.4 Å². The van der Waals surface area contributed by atoms with Crippen molar-refractivity contribution in [1.82, 2.24) is 19.5 Å². The third-order valence-electron chi connectivity index (χ3n) is 5.94. The summed E-state index contributed by atoms with van der Waals surface area (Å²) in [6.07, 6.45) is 5.05. The van der Waals surface area contributed by atoms with Crippen molar-refractivity contribution in [2.75, 3.05) is 5.32 Å². The number of nitrogens with zero attached hydrogens (tertiary/aromatic N) is 3. The van der Waals surface area contributed by atoms with Crippen LogP contribution in [0.1, 0.15) is 31.0 Å². The number of hydrogen-bond acceptors (Lipinski definition) is 6. The largest absolute Gasteiger partial charge is 0.342 e. The van der Waals surface area contributed by atoms with Gasteiger partial charge in [0.15, 0.2) is 0 Å². The Labute approximate surface area is 190 Å². The van der Waals surface area contributed by atoms with Gasteiger partial charge in [0.1, 0.15) is 17.2 Å². The second-order valence-electron chi connectivity index (χ2n) is 8.01. The van der Waals surface area contributed by atoms with Gasteiger partial charge in [-0.1, -0.05) is 12.5 Å². The zero-order valence-electron chi connectivity index (χ0n) is 17.0. The van der Waals surface area contributed by atoms with Gasteiger partial charge in [-0.05, 0) is 42.5 Å². The molecular weight excluding hydrogens is 442 g/mol. The Morgan fingerprint density at radius 2 is 2.16 bits per heavy atom. The van der Waals surface area contributed by atoms with Crippen LogP contribution in [-0.4, -0.2) is 25.4 Å². The van der Waals surface area contributed by atoms with Crippen LogP contribution in [0.2, 0.25) is 0 Å². The first kappa shape index (κ1) is 19.4. The summed E-state index contributed by atoms with van der Waals surface area (Å²) in [6, 6.07) is 9.57. The van der Waals surface area contributed by atoms with E-state index in [1.165, 1.54) is 41.5 Å². The summed E-state index contributed by atoms with van der Waals surface area (Å²) in [5.74, 6) is 1.27. The van der Waals surface area contributed by atoms with E-state index in [9.17, 15) is 9.59 Å². The molecule has 4 aromatic heterocycles. The number of aromatic amines is 1. The maximum absolute atomic E-state index is 13.1. The first-order chi connectivity index (χ1) is 15.7. The van der Waals surface area contributed by atoms with Gasteiger partial charge in [-0.3, -0.25) is 14.2 Å². The van der Waals surface area contributed by atoms with Gasteiger partial charge in [0.05, 0.1) is 22.7 Å². The number of carbonyl (C=O) groups is 1. The van der Waals surface area contributed by atoms with Crippen molar-refractivity contribution >= 4 is 55.5 Å². The minimum absolute atomic E-state index is 0.101. The number of fused-ring (bicyclic) bond motifs is 2. The summed E-state index contributed by atoms with van der Waals surface area (Å²) in [6.45, 7) is -0.101. The Hall–Kier alpha value is -3.30. The lowest BCUT2D eigenvalue weighted by Crippen LogP contribution is -2.27. The van der Waals surface area contributed by atoms with Crippen LogP contribution in [0.3, 0.4) is 0 Å². The number of imidazole rings is 1. The van der Waals surface area contributed by atoms with Crippen molar-refractivity contribution < 1.29 is 4.79 Å². The zero-order valence-corrected chi connectivity index (χ0v) is 18.6. The molecule has 1 amide bonds. The lowest BCUT2D eigenvalue weighted by molar-refractivity contribution is -0.116. The van der Waals surface area contributed by atoms with E-state index in [1.54, 1.807) is 11.3 Å². The molecular formula is C23H19N5O2S2. The number of hydrogen-bond donors (Lipinski definition) is 2. The Kier molecular flexibility index (Phi) is 4.65. The number of benzene rings is 1. The maximum atomic E-state index is 13.1. The van der Waals surface area contributed by atoms with E-state index in [0.29, 0.717) is 21.8 Å². The van der Waals surface area contributed by atoms with E-state index < -0.39 is 0 Å². The van der Waals surface area contributed by atoms with Crippen molar-refractivity contribution in [3.05, 3.63) is 63.6 Å². The van der Waals surface area contributed by atoms with Crippen molar-refractivity contribution in [3.63, 3.8) is 0 Å². The number of rotatable bonds is 5. The molecule has 1 fully saturated rings. The third-order valence-corrected chi connectivity index (χ3v) is 7.73. The predicted molar refractivity (Wildman–Crippen MR) is 129 cm³/mol. The minimum Gasteiger partial charge on any atom is -0.342 e. The summed E-state index contributed by atoms with van der Waals surface area (Å²) in [5.41, 5.74) is 3.14. The van der Waals surface area contributed by atoms with Gasteiger partial charge in [0.25, 0.3) is 5.56 Å². The molecule has 7 nitrogen and oxygen atoms in total. The summed E-state index contributed by atoms with van der Waals surface area (Å²) >= 11 is 3.02. The molecule has 32 heavy (non-hydrogen) atoms. The minimum atomic E-state index is -0.278. The molecule has 5 aromatic rings.